The lowest BCUT2D eigenvalue weighted by Gasteiger charge is -2.30. The molecule has 0 radical (unpaired) electrons. The number of phenolic OH excluding ortho intramolecular Hbond substituents is 1. The number of rotatable bonds is 3. The van der Waals surface area contributed by atoms with Gasteiger partial charge >= 0.3 is 0 Å². The number of likely N-dealkylation sites (tertiary alicyclic amines) is 1. The van der Waals surface area contributed by atoms with E-state index in [-0.39, 0.29) is 5.75 Å². The summed E-state index contributed by atoms with van der Waals surface area (Å²) in [6.07, 6.45) is 4.01. The van der Waals surface area contributed by atoms with Gasteiger partial charge in [-0.05, 0) is 57.1 Å². The molecule has 0 aliphatic carbocycles. The van der Waals surface area contributed by atoms with Gasteiger partial charge in [0.15, 0.2) is 5.75 Å². The van der Waals surface area contributed by atoms with E-state index in [1.807, 2.05) is 37.3 Å². The number of hydrogen-bond donors (Lipinski definition) is 2. The molecule has 0 amide bonds. The maximum Gasteiger partial charge on any atom is 0.151 e. The fraction of sp³-hybridized carbons (Fsp3) is 0.350. The topological polar surface area (TPSA) is 74.2 Å². The summed E-state index contributed by atoms with van der Waals surface area (Å²) in [5.41, 5.74) is 2.89. The van der Waals surface area contributed by atoms with E-state index in [4.69, 9.17) is 0 Å². The zero-order chi connectivity index (χ0) is 18.1. The Kier molecular flexibility index (Phi) is 4.42. The van der Waals surface area contributed by atoms with E-state index in [0.29, 0.717) is 22.8 Å². The number of fused-ring (bicyclic) bond motifs is 1. The maximum atomic E-state index is 10.6. The summed E-state index contributed by atoms with van der Waals surface area (Å²) in [6.45, 7) is 4.15. The molecule has 1 aromatic carbocycles. The van der Waals surface area contributed by atoms with E-state index in [1.54, 1.807) is 6.20 Å². The number of piperidine rings is 1. The van der Waals surface area contributed by atoms with Crippen molar-refractivity contribution in [2.24, 2.45) is 0 Å². The van der Waals surface area contributed by atoms with Crippen LogP contribution >= 0.6 is 0 Å². The van der Waals surface area contributed by atoms with E-state index in [2.05, 4.69) is 32.4 Å². The van der Waals surface area contributed by atoms with Gasteiger partial charge in [0.1, 0.15) is 11.3 Å². The summed E-state index contributed by atoms with van der Waals surface area (Å²) in [5.74, 6) is 0.931. The van der Waals surface area contributed by atoms with E-state index in [1.165, 1.54) is 6.42 Å². The molecule has 1 atom stereocenters. The highest BCUT2D eigenvalue weighted by Crippen LogP contribution is 2.35. The number of phenols is 1. The molecule has 26 heavy (non-hydrogen) atoms. The van der Waals surface area contributed by atoms with Crippen molar-refractivity contribution in [2.75, 3.05) is 25.5 Å². The smallest absolute Gasteiger partial charge is 0.151 e. The largest absolute Gasteiger partial charge is 0.505 e. The third-order valence-electron chi connectivity index (χ3n) is 4.96. The zero-order valence-corrected chi connectivity index (χ0v) is 15.1. The van der Waals surface area contributed by atoms with Gasteiger partial charge in [-0.1, -0.05) is 12.1 Å². The first-order valence-electron chi connectivity index (χ1n) is 8.98. The number of benzene rings is 1. The summed E-state index contributed by atoms with van der Waals surface area (Å²) in [4.78, 5) is 6.61. The van der Waals surface area contributed by atoms with Crippen LogP contribution in [0.1, 0.15) is 18.4 Å². The molecule has 0 unspecified atom stereocenters. The molecule has 6 heteroatoms. The molecular weight excluding hydrogens is 326 g/mol. The second-order valence-corrected chi connectivity index (χ2v) is 7.04. The molecule has 0 spiro atoms. The van der Waals surface area contributed by atoms with Crippen LogP contribution in [0.25, 0.3) is 22.2 Å². The lowest BCUT2D eigenvalue weighted by molar-refractivity contribution is 0.260. The molecule has 134 valence electrons. The second-order valence-electron chi connectivity index (χ2n) is 7.04. The third-order valence-corrected chi connectivity index (χ3v) is 4.96. The van der Waals surface area contributed by atoms with Gasteiger partial charge in [-0.2, -0.15) is 0 Å². The van der Waals surface area contributed by atoms with Gasteiger partial charge in [0.25, 0.3) is 0 Å². The summed E-state index contributed by atoms with van der Waals surface area (Å²) < 4.78 is 0. The number of aromatic hydroxyl groups is 1. The molecule has 4 rings (SSSR count). The number of anilines is 1. The van der Waals surface area contributed by atoms with Crippen molar-refractivity contribution < 1.29 is 5.11 Å². The molecule has 1 aliphatic heterocycles. The number of nitrogens with one attached hydrogen (secondary N) is 1. The van der Waals surface area contributed by atoms with Gasteiger partial charge in [-0.15, -0.1) is 10.2 Å². The maximum absolute atomic E-state index is 10.6. The predicted molar refractivity (Wildman–Crippen MR) is 103 cm³/mol. The van der Waals surface area contributed by atoms with Crippen LogP contribution in [0.5, 0.6) is 5.75 Å². The van der Waals surface area contributed by atoms with Crippen LogP contribution in [0.4, 0.5) is 5.82 Å². The monoisotopic (exact) mass is 349 g/mol. The summed E-state index contributed by atoms with van der Waals surface area (Å²) in [7, 11) is 2.14. The first kappa shape index (κ1) is 16.7. The van der Waals surface area contributed by atoms with Crippen molar-refractivity contribution in [1.82, 2.24) is 20.1 Å². The highest BCUT2D eigenvalue weighted by atomic mass is 16.3. The Morgan fingerprint density at radius 1 is 1.23 bits per heavy atom. The average molecular weight is 349 g/mol. The van der Waals surface area contributed by atoms with Crippen molar-refractivity contribution in [3.8, 4) is 17.0 Å². The Hall–Kier alpha value is -2.73. The Labute approximate surface area is 152 Å². The average Bonchev–Trinajstić information content (AvgIpc) is 2.63. The van der Waals surface area contributed by atoms with Crippen molar-refractivity contribution >= 4 is 16.7 Å². The van der Waals surface area contributed by atoms with Gasteiger partial charge < -0.3 is 15.3 Å². The van der Waals surface area contributed by atoms with E-state index >= 15 is 0 Å². The van der Waals surface area contributed by atoms with Gasteiger partial charge in [-0.25, -0.2) is 0 Å². The molecule has 1 saturated heterocycles. The molecule has 3 heterocycles. The molecule has 2 aromatic heterocycles. The van der Waals surface area contributed by atoms with Gasteiger partial charge in [0.05, 0.1) is 5.69 Å². The van der Waals surface area contributed by atoms with E-state index < -0.39 is 0 Å². The van der Waals surface area contributed by atoms with Crippen LogP contribution in [-0.4, -0.2) is 51.4 Å². The van der Waals surface area contributed by atoms with Crippen molar-refractivity contribution in [3.63, 3.8) is 0 Å². The molecule has 0 bridgehead atoms. The minimum Gasteiger partial charge on any atom is -0.505 e. The molecule has 0 saturated carbocycles. The molecule has 3 aromatic rings. The summed E-state index contributed by atoms with van der Waals surface area (Å²) in [6, 6.07) is 10.0. The SMILES string of the molecule is Cc1cc(N[C@@H]2CCCN(C)C2)nnc1-c1ccc2cccnc2c1O. The molecule has 6 nitrogen and oxygen atoms in total. The molecule has 1 aliphatic rings. The first-order chi connectivity index (χ1) is 12.6. The van der Waals surface area contributed by atoms with Crippen molar-refractivity contribution in [1.29, 1.82) is 0 Å². The number of aryl methyl sites for hydroxylation is 1. The van der Waals surface area contributed by atoms with Crippen LogP contribution in [-0.2, 0) is 0 Å². The Balaban J connectivity index is 1.63. The molecule has 1 fully saturated rings. The first-order valence-corrected chi connectivity index (χ1v) is 8.98. The van der Waals surface area contributed by atoms with Crippen molar-refractivity contribution in [2.45, 2.75) is 25.8 Å². The quantitative estimate of drug-likeness (QED) is 0.756. The third kappa shape index (κ3) is 3.20. The molecule has 2 N–H and O–H groups in total. The summed E-state index contributed by atoms with van der Waals surface area (Å²) >= 11 is 0. The minimum atomic E-state index is 0.148. The highest BCUT2D eigenvalue weighted by molar-refractivity contribution is 5.91. The van der Waals surface area contributed by atoms with Crippen LogP contribution in [0, 0.1) is 6.92 Å². The standard InChI is InChI=1S/C20H23N5O/c1-13-11-17(22-15-6-4-10-25(2)12-15)23-24-18(13)16-8-7-14-5-3-9-21-19(14)20(16)26/h3,5,7-9,11,15,26H,4,6,10,12H2,1-2H3,(H,22,23)/t15-/m1/s1. The Morgan fingerprint density at radius 3 is 2.92 bits per heavy atom. The normalized spacial score (nSPS) is 18.2. The number of pyridine rings is 1. The number of aromatic nitrogens is 3. The Bertz CT molecular complexity index is 943. The second kappa shape index (κ2) is 6.88. The number of hydrogen-bond acceptors (Lipinski definition) is 6. The molecular formula is C20H23N5O. The van der Waals surface area contributed by atoms with Gasteiger partial charge in [0.2, 0.25) is 0 Å². The van der Waals surface area contributed by atoms with Crippen LogP contribution in [0.2, 0.25) is 0 Å². The minimum absolute atomic E-state index is 0.148. The zero-order valence-electron chi connectivity index (χ0n) is 15.1. The van der Waals surface area contributed by atoms with Crippen LogP contribution < -0.4 is 5.32 Å². The van der Waals surface area contributed by atoms with Crippen LogP contribution in [0.15, 0.2) is 36.5 Å². The predicted octanol–water partition coefficient (Wildman–Crippen LogP) is 3.21. The van der Waals surface area contributed by atoms with Crippen molar-refractivity contribution in [3.05, 3.63) is 42.1 Å². The lowest BCUT2D eigenvalue weighted by Crippen LogP contribution is -2.39. The van der Waals surface area contributed by atoms with E-state index in [0.717, 1.165) is 36.3 Å². The number of nitrogens with zero attached hydrogens (tertiary/aromatic N) is 4. The lowest BCUT2D eigenvalue weighted by atomic mass is 10.0. The van der Waals surface area contributed by atoms with Gasteiger partial charge in [-0.3, -0.25) is 4.98 Å². The van der Waals surface area contributed by atoms with Gasteiger partial charge in [0, 0.05) is 29.7 Å². The Morgan fingerprint density at radius 2 is 2.12 bits per heavy atom. The fourth-order valence-corrected chi connectivity index (χ4v) is 3.64. The highest BCUT2D eigenvalue weighted by Gasteiger charge is 2.18. The van der Waals surface area contributed by atoms with Crippen LogP contribution in [0.3, 0.4) is 0 Å². The number of likely N-dealkylation sites (N-methyl/N-ethyl adjacent to an activating group) is 1. The fourth-order valence-electron chi connectivity index (χ4n) is 3.64. The van der Waals surface area contributed by atoms with E-state index in [9.17, 15) is 5.11 Å². The summed E-state index contributed by atoms with van der Waals surface area (Å²) in [5, 5.41) is 23.8.